The van der Waals surface area contributed by atoms with Crippen molar-refractivity contribution in [2.75, 3.05) is 26.7 Å². The fourth-order valence-corrected chi connectivity index (χ4v) is 3.05. The van der Waals surface area contributed by atoms with Crippen molar-refractivity contribution in [3.63, 3.8) is 0 Å². The zero-order chi connectivity index (χ0) is 14.1. The molecule has 0 aromatic heterocycles. The van der Waals surface area contributed by atoms with Gasteiger partial charge < -0.3 is 15.5 Å². The quantitative estimate of drug-likeness (QED) is 0.789. The summed E-state index contributed by atoms with van der Waals surface area (Å²) in [7, 11) is 1.61. The summed E-state index contributed by atoms with van der Waals surface area (Å²) in [5.74, 6) is -0.0894. The van der Waals surface area contributed by atoms with E-state index < -0.39 is 6.04 Å². The number of carbonyl (C=O) groups excluding carboxylic acids is 2. The number of amides is 2. The molecule has 1 fully saturated rings. The number of hydrogen-bond donors (Lipinski definition) is 2. The van der Waals surface area contributed by atoms with Crippen molar-refractivity contribution >= 4 is 11.8 Å². The average Bonchev–Trinajstić information content (AvgIpc) is 2.47. The Morgan fingerprint density at radius 3 is 2.90 bits per heavy atom. The van der Waals surface area contributed by atoms with Gasteiger partial charge in [0.05, 0.1) is 5.92 Å². The maximum Gasteiger partial charge on any atom is 0.243 e. The lowest BCUT2D eigenvalue weighted by molar-refractivity contribution is -0.143. The molecule has 0 spiro atoms. The highest BCUT2D eigenvalue weighted by atomic mass is 16.2. The lowest BCUT2D eigenvalue weighted by Gasteiger charge is -2.40. The number of nitrogens with one attached hydrogen (secondary N) is 2. The zero-order valence-electron chi connectivity index (χ0n) is 11.6. The van der Waals surface area contributed by atoms with E-state index in [2.05, 4.69) is 16.7 Å². The van der Waals surface area contributed by atoms with Crippen molar-refractivity contribution < 1.29 is 9.59 Å². The fourth-order valence-electron chi connectivity index (χ4n) is 3.05. The van der Waals surface area contributed by atoms with Crippen molar-refractivity contribution in [3.8, 4) is 0 Å². The van der Waals surface area contributed by atoms with Crippen LogP contribution in [0.3, 0.4) is 0 Å². The van der Waals surface area contributed by atoms with Crippen LogP contribution in [0, 0.1) is 0 Å². The second-order valence-electron chi connectivity index (χ2n) is 5.32. The minimum Gasteiger partial charge on any atom is -0.357 e. The summed E-state index contributed by atoms with van der Waals surface area (Å²) in [6.07, 6.45) is 0.791. The van der Waals surface area contributed by atoms with Gasteiger partial charge in [0, 0.05) is 26.7 Å². The molecule has 1 heterocycles. The number of piperazine rings is 1. The predicted octanol–water partition coefficient (Wildman–Crippen LogP) is -0.127. The van der Waals surface area contributed by atoms with Crippen LogP contribution in [0.2, 0.25) is 0 Å². The van der Waals surface area contributed by atoms with Crippen LogP contribution in [0.4, 0.5) is 0 Å². The summed E-state index contributed by atoms with van der Waals surface area (Å²) in [5, 5.41) is 5.82. The van der Waals surface area contributed by atoms with Crippen LogP contribution in [0.25, 0.3) is 0 Å². The van der Waals surface area contributed by atoms with Crippen LogP contribution in [0.15, 0.2) is 24.3 Å². The Hall–Kier alpha value is -1.88. The minimum atomic E-state index is -0.394. The molecule has 1 saturated heterocycles. The number of nitrogens with zero attached hydrogens (tertiary/aromatic N) is 1. The predicted molar refractivity (Wildman–Crippen MR) is 75.3 cm³/mol. The summed E-state index contributed by atoms with van der Waals surface area (Å²) < 4.78 is 0. The van der Waals surface area contributed by atoms with E-state index in [0.717, 1.165) is 18.5 Å². The molecule has 0 saturated carbocycles. The second-order valence-corrected chi connectivity index (χ2v) is 5.32. The van der Waals surface area contributed by atoms with E-state index in [9.17, 15) is 9.59 Å². The van der Waals surface area contributed by atoms with Crippen LogP contribution in [0.1, 0.15) is 17.0 Å². The first kappa shape index (κ1) is 13.1. The van der Waals surface area contributed by atoms with E-state index in [1.54, 1.807) is 11.9 Å². The Morgan fingerprint density at radius 2 is 2.15 bits per heavy atom. The maximum atomic E-state index is 12.7. The maximum absolute atomic E-state index is 12.7. The number of hydrogen-bond acceptors (Lipinski definition) is 3. The van der Waals surface area contributed by atoms with E-state index in [0.29, 0.717) is 13.1 Å². The van der Waals surface area contributed by atoms with Crippen LogP contribution in [0.5, 0.6) is 0 Å². The molecule has 2 amide bonds. The summed E-state index contributed by atoms with van der Waals surface area (Å²) in [5.41, 5.74) is 2.36. The van der Waals surface area contributed by atoms with Crippen molar-refractivity contribution in [2.45, 2.75) is 18.4 Å². The van der Waals surface area contributed by atoms with E-state index in [-0.39, 0.29) is 17.7 Å². The second kappa shape index (κ2) is 5.25. The Bertz CT molecular complexity index is 544. The third-order valence-electron chi connectivity index (χ3n) is 4.23. The number of fused-ring (bicyclic) bond motifs is 1. The van der Waals surface area contributed by atoms with E-state index >= 15 is 0 Å². The third-order valence-corrected chi connectivity index (χ3v) is 4.23. The molecule has 3 rings (SSSR count). The van der Waals surface area contributed by atoms with Gasteiger partial charge >= 0.3 is 0 Å². The summed E-state index contributed by atoms with van der Waals surface area (Å²) in [4.78, 5) is 26.3. The first-order chi connectivity index (χ1) is 9.72. The summed E-state index contributed by atoms with van der Waals surface area (Å²) in [6, 6.07) is 7.64. The largest absolute Gasteiger partial charge is 0.357 e. The van der Waals surface area contributed by atoms with Gasteiger partial charge in [0.1, 0.15) is 6.04 Å². The summed E-state index contributed by atoms with van der Waals surface area (Å²) in [6.45, 7) is 1.86. The Balaban J connectivity index is 1.78. The van der Waals surface area contributed by atoms with Gasteiger partial charge in [-0.05, 0) is 17.5 Å². The highest BCUT2D eigenvalue weighted by molar-refractivity contribution is 5.92. The molecular weight excluding hydrogens is 254 g/mol. The molecule has 1 aliphatic carbocycles. The van der Waals surface area contributed by atoms with E-state index in [1.807, 2.05) is 18.2 Å². The fraction of sp³-hybridized carbons (Fsp3) is 0.467. The third kappa shape index (κ3) is 2.08. The van der Waals surface area contributed by atoms with Gasteiger partial charge in [0.15, 0.2) is 0 Å². The topological polar surface area (TPSA) is 61.4 Å². The monoisotopic (exact) mass is 273 g/mol. The van der Waals surface area contributed by atoms with Crippen LogP contribution < -0.4 is 10.6 Å². The molecule has 2 aliphatic rings. The standard InChI is InChI=1S/C15H19N3O2/c1-16-14(19)13-9-17-6-7-18(13)15(20)12-8-10-4-2-3-5-11(10)12/h2-5,12-13,17H,6-9H2,1H3,(H,16,19). The van der Waals surface area contributed by atoms with Gasteiger partial charge in [0.2, 0.25) is 11.8 Å². The minimum absolute atomic E-state index is 0.0727. The van der Waals surface area contributed by atoms with E-state index in [1.165, 1.54) is 5.56 Å². The van der Waals surface area contributed by atoms with Gasteiger partial charge in [-0.2, -0.15) is 0 Å². The van der Waals surface area contributed by atoms with Crippen LogP contribution >= 0.6 is 0 Å². The molecule has 1 aromatic carbocycles. The van der Waals surface area contributed by atoms with Crippen molar-refractivity contribution in [1.29, 1.82) is 0 Å². The van der Waals surface area contributed by atoms with Crippen molar-refractivity contribution in [2.24, 2.45) is 0 Å². The number of likely N-dealkylation sites (N-methyl/N-ethyl adjacent to an activating group) is 1. The first-order valence-electron chi connectivity index (χ1n) is 7.03. The van der Waals surface area contributed by atoms with Gasteiger partial charge in [-0.1, -0.05) is 24.3 Å². The van der Waals surface area contributed by atoms with Gasteiger partial charge in [-0.3, -0.25) is 9.59 Å². The van der Waals surface area contributed by atoms with Gasteiger partial charge in [0.25, 0.3) is 0 Å². The molecule has 0 bridgehead atoms. The Morgan fingerprint density at radius 1 is 1.35 bits per heavy atom. The molecule has 2 unspecified atom stereocenters. The number of benzene rings is 1. The molecule has 1 aliphatic heterocycles. The van der Waals surface area contributed by atoms with Crippen LogP contribution in [-0.2, 0) is 16.0 Å². The normalized spacial score (nSPS) is 24.6. The van der Waals surface area contributed by atoms with Crippen molar-refractivity contribution in [3.05, 3.63) is 35.4 Å². The van der Waals surface area contributed by atoms with Gasteiger partial charge in [-0.15, -0.1) is 0 Å². The Labute approximate surface area is 118 Å². The number of carbonyl (C=O) groups is 2. The molecule has 20 heavy (non-hydrogen) atoms. The lowest BCUT2D eigenvalue weighted by atomic mass is 9.76. The average molecular weight is 273 g/mol. The Kier molecular flexibility index (Phi) is 3.44. The molecule has 5 nitrogen and oxygen atoms in total. The molecular formula is C15H19N3O2. The van der Waals surface area contributed by atoms with E-state index in [4.69, 9.17) is 0 Å². The highest BCUT2D eigenvalue weighted by Crippen LogP contribution is 2.36. The van der Waals surface area contributed by atoms with Crippen molar-refractivity contribution in [1.82, 2.24) is 15.5 Å². The smallest absolute Gasteiger partial charge is 0.243 e. The lowest BCUT2D eigenvalue weighted by Crippen LogP contribution is -2.60. The molecule has 0 radical (unpaired) electrons. The van der Waals surface area contributed by atoms with Crippen LogP contribution in [-0.4, -0.2) is 49.4 Å². The number of rotatable bonds is 2. The first-order valence-corrected chi connectivity index (χ1v) is 7.03. The molecule has 2 N–H and O–H groups in total. The molecule has 2 atom stereocenters. The van der Waals surface area contributed by atoms with Gasteiger partial charge in [-0.25, -0.2) is 0 Å². The highest BCUT2D eigenvalue weighted by Gasteiger charge is 2.39. The molecule has 5 heteroatoms. The SMILES string of the molecule is CNC(=O)C1CNCCN1C(=O)C1Cc2ccccc21. The summed E-state index contributed by atoms with van der Waals surface area (Å²) >= 11 is 0. The molecule has 1 aromatic rings. The molecule has 106 valence electrons. The zero-order valence-corrected chi connectivity index (χ0v) is 11.6.